The predicted molar refractivity (Wildman–Crippen MR) is 140 cm³/mol. The molecule has 1 atom stereocenters. The molecular weight excluding hydrogens is 495 g/mol. The van der Waals surface area contributed by atoms with Gasteiger partial charge in [0, 0.05) is 34.6 Å². The van der Waals surface area contributed by atoms with Crippen LogP contribution in [-0.2, 0) is 6.42 Å². The number of para-hydroxylation sites is 1. The first-order valence-corrected chi connectivity index (χ1v) is 12.3. The van der Waals surface area contributed by atoms with E-state index in [1.807, 2.05) is 38.9 Å². The Balaban J connectivity index is 2.09. The summed E-state index contributed by atoms with van der Waals surface area (Å²) >= 11 is 0. The number of carbonyl (C=O) groups excluding carboxylic acids is 1. The molecule has 0 aliphatic rings. The number of aromatic nitrogens is 3. The lowest BCUT2D eigenvalue weighted by atomic mass is 10.0. The van der Waals surface area contributed by atoms with Crippen LogP contribution >= 0.6 is 0 Å². The molecule has 2 N–H and O–H groups in total. The van der Waals surface area contributed by atoms with Crippen LogP contribution in [0.25, 0.3) is 27.8 Å². The van der Waals surface area contributed by atoms with Gasteiger partial charge < -0.3 is 10.5 Å². The number of nitrogens with two attached hydrogens (primary N) is 1. The summed E-state index contributed by atoms with van der Waals surface area (Å²) in [5.41, 5.74) is 9.24. The number of nitrogens with zero attached hydrogens (tertiary/aromatic N) is 4. The van der Waals surface area contributed by atoms with Gasteiger partial charge in [-0.15, -0.1) is 0 Å². The van der Waals surface area contributed by atoms with Gasteiger partial charge >= 0.3 is 6.61 Å². The van der Waals surface area contributed by atoms with Crippen LogP contribution in [0.4, 0.5) is 13.2 Å². The number of imidazole rings is 1. The first-order chi connectivity index (χ1) is 18.2. The molecule has 1 unspecified atom stereocenters. The van der Waals surface area contributed by atoms with Gasteiger partial charge in [-0.05, 0) is 70.2 Å². The Kier molecular flexibility index (Phi) is 8.13. The lowest BCUT2D eigenvalue weighted by Gasteiger charge is -2.25. The highest BCUT2D eigenvalue weighted by Gasteiger charge is 2.27. The zero-order chi connectivity index (χ0) is 27.6. The van der Waals surface area contributed by atoms with Gasteiger partial charge in [0.05, 0.1) is 17.1 Å². The Morgan fingerprint density at radius 1 is 1.21 bits per heavy atom. The molecule has 0 amide bonds. The van der Waals surface area contributed by atoms with Gasteiger partial charge in [-0.1, -0.05) is 13.0 Å². The van der Waals surface area contributed by atoms with Gasteiger partial charge in [0.2, 0.25) is 0 Å². The Morgan fingerprint density at radius 3 is 2.61 bits per heavy atom. The third-order valence-corrected chi connectivity index (χ3v) is 6.59. The number of hydrogen-bond acceptors (Lipinski definition) is 6. The lowest BCUT2D eigenvalue weighted by molar-refractivity contribution is -0.0498. The second kappa shape index (κ2) is 11.3. The second-order valence-corrected chi connectivity index (χ2v) is 9.21. The average Bonchev–Trinajstić information content (AvgIpc) is 3.21. The van der Waals surface area contributed by atoms with Crippen molar-refractivity contribution in [2.45, 2.75) is 39.3 Å². The van der Waals surface area contributed by atoms with E-state index in [0.29, 0.717) is 48.1 Å². The molecule has 0 radical (unpaired) electrons. The van der Waals surface area contributed by atoms with Crippen molar-refractivity contribution in [3.05, 3.63) is 71.1 Å². The van der Waals surface area contributed by atoms with Crippen molar-refractivity contribution in [1.29, 1.82) is 0 Å². The van der Waals surface area contributed by atoms with Crippen LogP contribution in [0.1, 0.15) is 46.8 Å². The quantitative estimate of drug-likeness (QED) is 0.277. The molecule has 2 aromatic carbocycles. The number of aryl methyl sites for hydroxylation is 1. The molecule has 200 valence electrons. The van der Waals surface area contributed by atoms with Gasteiger partial charge in [0.15, 0.2) is 12.0 Å². The summed E-state index contributed by atoms with van der Waals surface area (Å²) < 4.78 is 48.8. The number of ether oxygens (including phenoxy) is 1. The summed E-state index contributed by atoms with van der Waals surface area (Å²) in [4.78, 5) is 23.2. The van der Waals surface area contributed by atoms with Crippen molar-refractivity contribution in [3.8, 4) is 22.6 Å². The molecule has 0 aliphatic heterocycles. The Bertz CT molecular complexity index is 1470. The van der Waals surface area contributed by atoms with Crippen LogP contribution in [0, 0.1) is 12.7 Å². The van der Waals surface area contributed by atoms with E-state index < -0.39 is 12.4 Å². The number of carbonyl (C=O) groups is 1. The van der Waals surface area contributed by atoms with E-state index >= 15 is 4.39 Å². The SMILES string of the molecule is CCC(c1nc2cc(F)c(-c3cnc(C)c(CCN)c3)cc2n1-c1c(C=O)cccc1OC(F)F)N(C)C. The molecule has 4 rings (SSSR count). The number of alkyl halides is 2. The van der Waals surface area contributed by atoms with Crippen LogP contribution in [0.2, 0.25) is 0 Å². The lowest BCUT2D eigenvalue weighted by Crippen LogP contribution is -2.23. The fraction of sp³-hybridized carbons (Fsp3) is 0.321. The molecule has 10 heteroatoms. The fourth-order valence-electron chi connectivity index (χ4n) is 4.77. The van der Waals surface area contributed by atoms with Crippen molar-refractivity contribution in [2.24, 2.45) is 5.73 Å². The zero-order valence-electron chi connectivity index (χ0n) is 21.7. The number of halogens is 3. The molecule has 0 spiro atoms. The van der Waals surface area contributed by atoms with Gasteiger partial charge in [0.1, 0.15) is 17.3 Å². The third kappa shape index (κ3) is 5.14. The zero-order valence-corrected chi connectivity index (χ0v) is 21.7. The maximum atomic E-state index is 15.5. The molecule has 0 saturated heterocycles. The van der Waals surface area contributed by atoms with Crippen molar-refractivity contribution in [2.75, 3.05) is 20.6 Å². The van der Waals surface area contributed by atoms with Gasteiger partial charge in [0.25, 0.3) is 0 Å². The number of rotatable bonds is 10. The summed E-state index contributed by atoms with van der Waals surface area (Å²) in [5, 5.41) is 0. The highest BCUT2D eigenvalue weighted by molar-refractivity contribution is 5.89. The summed E-state index contributed by atoms with van der Waals surface area (Å²) in [6.45, 7) is 1.13. The minimum absolute atomic E-state index is 0.115. The molecule has 38 heavy (non-hydrogen) atoms. The smallest absolute Gasteiger partial charge is 0.387 e. The van der Waals surface area contributed by atoms with Crippen LogP contribution in [0.15, 0.2) is 42.6 Å². The van der Waals surface area contributed by atoms with E-state index in [4.69, 9.17) is 15.5 Å². The highest BCUT2D eigenvalue weighted by Crippen LogP contribution is 2.38. The minimum atomic E-state index is -3.11. The van der Waals surface area contributed by atoms with Gasteiger partial charge in [-0.3, -0.25) is 19.2 Å². The average molecular weight is 526 g/mol. The van der Waals surface area contributed by atoms with Crippen LogP contribution < -0.4 is 10.5 Å². The van der Waals surface area contributed by atoms with E-state index in [1.54, 1.807) is 16.8 Å². The normalized spacial score (nSPS) is 12.5. The molecule has 0 fully saturated rings. The Morgan fingerprint density at radius 2 is 1.97 bits per heavy atom. The summed E-state index contributed by atoms with van der Waals surface area (Å²) in [6, 6.07) is 8.84. The van der Waals surface area contributed by atoms with E-state index in [2.05, 4.69) is 4.98 Å². The number of benzene rings is 2. The molecule has 0 aliphatic carbocycles. The van der Waals surface area contributed by atoms with E-state index in [-0.39, 0.29) is 28.6 Å². The van der Waals surface area contributed by atoms with Gasteiger partial charge in [-0.2, -0.15) is 8.78 Å². The molecule has 4 aromatic rings. The predicted octanol–water partition coefficient (Wildman–Crippen LogP) is 5.46. The van der Waals surface area contributed by atoms with Crippen molar-refractivity contribution < 1.29 is 22.7 Å². The molecule has 2 heterocycles. The monoisotopic (exact) mass is 525 g/mol. The highest BCUT2D eigenvalue weighted by atomic mass is 19.3. The largest absolute Gasteiger partial charge is 0.433 e. The standard InChI is InChI=1S/C28H30F3N5O2/c1-5-23(35(3)4)27-34-22-13-21(29)20(19-11-17(9-10-32)16(2)33-14-19)12-24(22)36(27)26-18(15-37)7-6-8-25(26)38-28(30)31/h6-8,11-15,23,28H,5,9-10,32H2,1-4H3. The first kappa shape index (κ1) is 27.3. The Hall–Kier alpha value is -3.76. The van der Waals surface area contributed by atoms with Crippen LogP contribution in [0.5, 0.6) is 5.75 Å². The topological polar surface area (TPSA) is 86.3 Å². The number of fused-ring (bicyclic) bond motifs is 1. The molecule has 0 bridgehead atoms. The first-order valence-electron chi connectivity index (χ1n) is 12.3. The fourth-order valence-corrected chi connectivity index (χ4v) is 4.77. The van der Waals surface area contributed by atoms with E-state index in [9.17, 15) is 13.6 Å². The van der Waals surface area contributed by atoms with Crippen molar-refractivity contribution >= 4 is 17.3 Å². The molecule has 2 aromatic heterocycles. The molecule has 7 nitrogen and oxygen atoms in total. The number of aldehydes is 1. The van der Waals surface area contributed by atoms with E-state index in [0.717, 1.165) is 11.3 Å². The third-order valence-electron chi connectivity index (χ3n) is 6.59. The van der Waals surface area contributed by atoms with Gasteiger partial charge in [-0.25, -0.2) is 9.37 Å². The van der Waals surface area contributed by atoms with Crippen LogP contribution in [-0.4, -0.2) is 53.0 Å². The number of pyridine rings is 1. The Labute approximate surface area is 219 Å². The van der Waals surface area contributed by atoms with Crippen molar-refractivity contribution in [3.63, 3.8) is 0 Å². The van der Waals surface area contributed by atoms with E-state index in [1.165, 1.54) is 24.3 Å². The maximum Gasteiger partial charge on any atom is 0.387 e. The van der Waals surface area contributed by atoms with Crippen molar-refractivity contribution in [1.82, 2.24) is 19.4 Å². The minimum Gasteiger partial charge on any atom is -0.433 e. The molecular formula is C28H30F3N5O2. The number of hydrogen-bond donors (Lipinski definition) is 1. The summed E-state index contributed by atoms with van der Waals surface area (Å²) in [6.07, 6.45) is 3.36. The maximum absolute atomic E-state index is 15.5. The summed E-state index contributed by atoms with van der Waals surface area (Å²) in [7, 11) is 3.73. The summed E-state index contributed by atoms with van der Waals surface area (Å²) in [5.74, 6) is -0.237. The second-order valence-electron chi connectivity index (χ2n) is 9.21. The van der Waals surface area contributed by atoms with Crippen LogP contribution in [0.3, 0.4) is 0 Å². The molecule has 0 saturated carbocycles.